The predicted octanol–water partition coefficient (Wildman–Crippen LogP) is 3.74. The fourth-order valence-electron chi connectivity index (χ4n) is 2.77. The van der Waals surface area contributed by atoms with Gasteiger partial charge < -0.3 is 9.88 Å². The van der Waals surface area contributed by atoms with Gasteiger partial charge in [0.1, 0.15) is 11.3 Å². The number of halogens is 1. The van der Waals surface area contributed by atoms with Crippen LogP contribution in [0.4, 0.5) is 0 Å². The van der Waals surface area contributed by atoms with Gasteiger partial charge in [-0.15, -0.1) is 0 Å². The Balaban J connectivity index is 1.60. The Labute approximate surface area is 152 Å². The van der Waals surface area contributed by atoms with Crippen molar-refractivity contribution in [2.45, 2.75) is 39.3 Å². The number of imidazole rings is 1. The van der Waals surface area contributed by atoms with E-state index in [0.29, 0.717) is 24.4 Å². The van der Waals surface area contributed by atoms with Crippen LogP contribution in [0.1, 0.15) is 31.2 Å². The standard InChI is InChI=1S/C19H21ClN4O/c1-2-12-24-17(23-16-4-3-11-21-19(16)24)9-10-18(25)22-13-14-5-7-15(20)8-6-14/h3-8,11H,2,9-10,12-13H2,1H3,(H,22,25). The van der Waals surface area contributed by atoms with Crippen LogP contribution in [0.15, 0.2) is 42.6 Å². The highest BCUT2D eigenvalue weighted by Crippen LogP contribution is 2.15. The molecule has 0 unspecified atom stereocenters. The van der Waals surface area contributed by atoms with Crippen LogP contribution >= 0.6 is 11.6 Å². The third-order valence-corrected chi connectivity index (χ3v) is 4.26. The lowest BCUT2D eigenvalue weighted by Gasteiger charge is -2.08. The molecule has 25 heavy (non-hydrogen) atoms. The van der Waals surface area contributed by atoms with Crippen molar-refractivity contribution >= 4 is 28.7 Å². The number of hydrogen-bond donors (Lipinski definition) is 1. The summed E-state index contributed by atoms with van der Waals surface area (Å²) < 4.78 is 2.11. The van der Waals surface area contributed by atoms with Gasteiger partial charge in [-0.05, 0) is 36.2 Å². The number of amides is 1. The molecule has 0 radical (unpaired) electrons. The Morgan fingerprint density at radius 2 is 2.04 bits per heavy atom. The monoisotopic (exact) mass is 356 g/mol. The molecular weight excluding hydrogens is 336 g/mol. The molecule has 1 N–H and O–H groups in total. The molecule has 0 atom stereocenters. The van der Waals surface area contributed by atoms with Crippen molar-refractivity contribution < 1.29 is 4.79 Å². The minimum absolute atomic E-state index is 0.0120. The Morgan fingerprint density at radius 1 is 1.24 bits per heavy atom. The van der Waals surface area contributed by atoms with Crippen LogP contribution in [0, 0.1) is 0 Å². The summed E-state index contributed by atoms with van der Waals surface area (Å²) in [6.45, 7) is 3.48. The number of carbonyl (C=O) groups excluding carboxylic acids is 1. The molecule has 130 valence electrons. The van der Waals surface area contributed by atoms with Crippen molar-refractivity contribution in [1.82, 2.24) is 19.9 Å². The summed E-state index contributed by atoms with van der Waals surface area (Å²) in [5.74, 6) is 0.926. The quantitative estimate of drug-likeness (QED) is 0.701. The number of nitrogens with one attached hydrogen (secondary N) is 1. The minimum Gasteiger partial charge on any atom is -0.352 e. The smallest absolute Gasteiger partial charge is 0.220 e. The summed E-state index contributed by atoms with van der Waals surface area (Å²) in [5, 5.41) is 3.63. The molecule has 0 bridgehead atoms. The van der Waals surface area contributed by atoms with Crippen LogP contribution < -0.4 is 5.32 Å². The van der Waals surface area contributed by atoms with Crippen molar-refractivity contribution in [3.8, 4) is 0 Å². The average Bonchev–Trinajstić information content (AvgIpc) is 2.98. The van der Waals surface area contributed by atoms with Crippen LogP contribution in [-0.2, 0) is 24.3 Å². The Morgan fingerprint density at radius 3 is 2.80 bits per heavy atom. The summed E-state index contributed by atoms with van der Waals surface area (Å²) in [5.41, 5.74) is 2.80. The normalized spacial score (nSPS) is 11.0. The zero-order chi connectivity index (χ0) is 17.6. The Bertz CT molecular complexity index is 857. The average molecular weight is 357 g/mol. The lowest BCUT2D eigenvalue weighted by molar-refractivity contribution is -0.121. The van der Waals surface area contributed by atoms with Gasteiger partial charge >= 0.3 is 0 Å². The number of benzene rings is 1. The molecule has 1 aromatic carbocycles. The molecule has 0 spiro atoms. The second-order valence-corrected chi connectivity index (χ2v) is 6.37. The SMILES string of the molecule is CCCn1c(CCC(=O)NCc2ccc(Cl)cc2)nc2cccnc21. The number of rotatable bonds is 7. The van der Waals surface area contributed by atoms with E-state index >= 15 is 0 Å². The van der Waals surface area contributed by atoms with Gasteiger partial charge in [0.15, 0.2) is 5.65 Å². The number of carbonyl (C=O) groups is 1. The Kier molecular flexibility index (Phi) is 5.66. The summed E-state index contributed by atoms with van der Waals surface area (Å²) in [4.78, 5) is 21.2. The lowest BCUT2D eigenvalue weighted by Crippen LogP contribution is -2.23. The molecule has 1 amide bonds. The van der Waals surface area contributed by atoms with Crippen molar-refractivity contribution in [2.24, 2.45) is 0 Å². The highest BCUT2D eigenvalue weighted by Gasteiger charge is 2.12. The van der Waals surface area contributed by atoms with Crippen LogP contribution in [-0.4, -0.2) is 20.4 Å². The van der Waals surface area contributed by atoms with Crippen molar-refractivity contribution in [3.63, 3.8) is 0 Å². The summed E-state index contributed by atoms with van der Waals surface area (Å²) in [6, 6.07) is 11.3. The first-order valence-electron chi connectivity index (χ1n) is 8.48. The fraction of sp³-hybridized carbons (Fsp3) is 0.316. The van der Waals surface area contributed by atoms with E-state index in [1.54, 1.807) is 6.20 Å². The summed E-state index contributed by atoms with van der Waals surface area (Å²) in [6.07, 6.45) is 3.78. The molecule has 5 nitrogen and oxygen atoms in total. The summed E-state index contributed by atoms with van der Waals surface area (Å²) in [7, 11) is 0. The fourth-order valence-corrected chi connectivity index (χ4v) is 2.90. The Hall–Kier alpha value is -2.40. The summed E-state index contributed by atoms with van der Waals surface area (Å²) >= 11 is 5.86. The first-order chi connectivity index (χ1) is 12.2. The van der Waals surface area contributed by atoms with Gasteiger partial charge in [0.05, 0.1) is 0 Å². The first kappa shape index (κ1) is 17.4. The van der Waals surface area contributed by atoms with Crippen molar-refractivity contribution in [3.05, 3.63) is 59.0 Å². The van der Waals surface area contributed by atoms with E-state index in [9.17, 15) is 4.79 Å². The topological polar surface area (TPSA) is 59.8 Å². The highest BCUT2D eigenvalue weighted by atomic mass is 35.5. The lowest BCUT2D eigenvalue weighted by atomic mass is 10.2. The number of nitrogens with zero attached hydrogens (tertiary/aromatic N) is 3. The number of fused-ring (bicyclic) bond motifs is 1. The zero-order valence-corrected chi connectivity index (χ0v) is 15.0. The van der Waals surface area contributed by atoms with E-state index in [0.717, 1.165) is 35.5 Å². The zero-order valence-electron chi connectivity index (χ0n) is 14.2. The van der Waals surface area contributed by atoms with Gasteiger partial charge in [0, 0.05) is 37.2 Å². The second kappa shape index (κ2) is 8.12. The van der Waals surface area contributed by atoms with Crippen LogP contribution in [0.25, 0.3) is 11.2 Å². The molecule has 2 heterocycles. The highest BCUT2D eigenvalue weighted by molar-refractivity contribution is 6.30. The number of hydrogen-bond acceptors (Lipinski definition) is 3. The van der Waals surface area contributed by atoms with E-state index in [1.807, 2.05) is 36.4 Å². The molecule has 0 fully saturated rings. The van der Waals surface area contributed by atoms with Gasteiger partial charge in [0.25, 0.3) is 0 Å². The molecule has 0 aliphatic rings. The molecular formula is C19H21ClN4O. The third-order valence-electron chi connectivity index (χ3n) is 4.01. The maximum atomic E-state index is 12.2. The van der Waals surface area contributed by atoms with E-state index in [2.05, 4.69) is 26.8 Å². The third kappa shape index (κ3) is 4.37. The van der Waals surface area contributed by atoms with Gasteiger partial charge in [0.2, 0.25) is 5.91 Å². The predicted molar refractivity (Wildman–Crippen MR) is 99.4 cm³/mol. The van der Waals surface area contributed by atoms with Crippen molar-refractivity contribution in [1.29, 1.82) is 0 Å². The first-order valence-corrected chi connectivity index (χ1v) is 8.86. The second-order valence-electron chi connectivity index (χ2n) is 5.93. The maximum absolute atomic E-state index is 12.2. The minimum atomic E-state index is 0.0120. The molecule has 2 aromatic heterocycles. The van der Waals surface area contributed by atoms with Crippen LogP contribution in [0.3, 0.4) is 0 Å². The van der Waals surface area contributed by atoms with Gasteiger partial charge in [-0.25, -0.2) is 9.97 Å². The van der Waals surface area contributed by atoms with Gasteiger partial charge in [-0.1, -0.05) is 30.7 Å². The molecule has 0 aliphatic carbocycles. The molecule has 0 saturated heterocycles. The maximum Gasteiger partial charge on any atom is 0.220 e. The van der Waals surface area contributed by atoms with Crippen molar-refractivity contribution in [2.75, 3.05) is 0 Å². The van der Waals surface area contributed by atoms with Gasteiger partial charge in [-0.2, -0.15) is 0 Å². The number of aryl methyl sites for hydroxylation is 2. The number of aromatic nitrogens is 3. The van der Waals surface area contributed by atoms with Crippen LogP contribution in [0.5, 0.6) is 0 Å². The van der Waals surface area contributed by atoms with Crippen LogP contribution in [0.2, 0.25) is 5.02 Å². The molecule has 3 rings (SSSR count). The molecule has 0 saturated carbocycles. The molecule has 3 aromatic rings. The van der Waals surface area contributed by atoms with E-state index in [-0.39, 0.29) is 5.91 Å². The molecule has 6 heteroatoms. The van der Waals surface area contributed by atoms with Gasteiger partial charge in [-0.3, -0.25) is 4.79 Å². The molecule has 0 aliphatic heterocycles. The largest absolute Gasteiger partial charge is 0.352 e. The van der Waals surface area contributed by atoms with E-state index in [1.165, 1.54) is 0 Å². The number of pyridine rings is 1. The van der Waals surface area contributed by atoms with E-state index in [4.69, 9.17) is 11.6 Å². The van der Waals surface area contributed by atoms with E-state index < -0.39 is 0 Å².